The van der Waals surface area contributed by atoms with Gasteiger partial charge in [-0.25, -0.2) is 4.79 Å². The van der Waals surface area contributed by atoms with E-state index < -0.39 is 0 Å². The highest BCUT2D eigenvalue weighted by atomic mass is 35.5. The highest BCUT2D eigenvalue weighted by molar-refractivity contribution is 5.85. The normalized spacial score (nSPS) is 35.0. The number of rotatable bonds is 14. The molecule has 0 aromatic carbocycles. The maximum atomic E-state index is 12.5. The first-order valence-corrected chi connectivity index (χ1v) is 17.2. The van der Waals surface area contributed by atoms with Crippen LogP contribution in [0.15, 0.2) is 11.6 Å². The number of amides is 1. The summed E-state index contributed by atoms with van der Waals surface area (Å²) in [5.41, 5.74) is 7.97. The quantitative estimate of drug-likeness (QED) is 0.140. The standard InChI is InChI=1S/C35H63N3O2.ClH/c1-25(2)10-8-11-26(3)30-14-15-31-29-13-12-27-24-28(16-18-34(27,4)32(29)17-19-35(30,31)5)40-33(39)38-23-7-6-21-37-22-9-20-36;/h12,25-26,28-32,37H,6-11,13-24,36H2,1-5H3,(H,38,39);1H/t26-,28+,29+,30-,31+,32+,34+,35-;/m1./s1. The van der Waals surface area contributed by atoms with Crippen molar-refractivity contribution in [3.63, 3.8) is 0 Å². The molecular formula is C35H64ClN3O2. The van der Waals surface area contributed by atoms with Crippen LogP contribution in [0.3, 0.4) is 0 Å². The van der Waals surface area contributed by atoms with E-state index in [9.17, 15) is 4.79 Å². The Balaban J connectivity index is 0.00000462. The van der Waals surface area contributed by atoms with E-state index in [2.05, 4.69) is 51.3 Å². The Kier molecular flexibility index (Phi) is 13.4. The monoisotopic (exact) mass is 593 g/mol. The molecule has 4 N–H and O–H groups in total. The number of carbonyl (C=O) groups is 1. The molecule has 0 saturated heterocycles. The van der Waals surface area contributed by atoms with Gasteiger partial charge in [-0.15, -0.1) is 12.4 Å². The SMILES string of the molecule is CC(C)CCC[C@@H](C)[C@H]1CC[C@H]2[C@@H]3CC=C4C[C@@H](OC(=O)NCCCCNCCCN)CC[C@]4(C)[C@H]3CC[C@]12C.Cl. The van der Waals surface area contributed by atoms with Gasteiger partial charge in [0.25, 0.3) is 0 Å². The largest absolute Gasteiger partial charge is 0.446 e. The molecule has 0 spiro atoms. The summed E-state index contributed by atoms with van der Waals surface area (Å²) >= 11 is 0. The molecule has 41 heavy (non-hydrogen) atoms. The molecule has 8 atom stereocenters. The molecule has 3 saturated carbocycles. The maximum Gasteiger partial charge on any atom is 0.407 e. The van der Waals surface area contributed by atoms with Gasteiger partial charge in [0.2, 0.25) is 0 Å². The molecule has 0 bridgehead atoms. The molecule has 0 aromatic rings. The number of hydrogen-bond acceptors (Lipinski definition) is 4. The molecule has 4 rings (SSSR count). The average molecular weight is 594 g/mol. The summed E-state index contributed by atoms with van der Waals surface area (Å²) < 4.78 is 5.93. The van der Waals surface area contributed by atoms with Crippen molar-refractivity contribution in [3.8, 4) is 0 Å². The minimum Gasteiger partial charge on any atom is -0.446 e. The lowest BCUT2D eigenvalue weighted by Crippen LogP contribution is -2.51. The van der Waals surface area contributed by atoms with E-state index in [1.54, 1.807) is 5.57 Å². The molecule has 0 unspecified atom stereocenters. The zero-order valence-corrected chi connectivity index (χ0v) is 28.0. The van der Waals surface area contributed by atoms with Crippen LogP contribution in [-0.4, -0.2) is 38.4 Å². The minimum absolute atomic E-state index is 0. The summed E-state index contributed by atoms with van der Waals surface area (Å²) in [6.45, 7) is 15.9. The molecule has 4 aliphatic carbocycles. The van der Waals surface area contributed by atoms with E-state index in [1.165, 1.54) is 57.8 Å². The zero-order chi connectivity index (χ0) is 28.8. The van der Waals surface area contributed by atoms with Crippen LogP contribution in [-0.2, 0) is 4.74 Å². The number of halogens is 1. The second kappa shape index (κ2) is 15.8. The summed E-state index contributed by atoms with van der Waals surface area (Å²) in [6, 6.07) is 0. The summed E-state index contributed by atoms with van der Waals surface area (Å²) in [5, 5.41) is 6.38. The Morgan fingerprint density at radius 1 is 0.976 bits per heavy atom. The van der Waals surface area contributed by atoms with Crippen LogP contribution in [0.25, 0.3) is 0 Å². The summed E-state index contributed by atoms with van der Waals surface area (Å²) in [7, 11) is 0. The lowest BCUT2D eigenvalue weighted by Gasteiger charge is -2.58. The van der Waals surface area contributed by atoms with Crippen LogP contribution in [0.1, 0.15) is 125 Å². The second-order valence-corrected chi connectivity index (χ2v) is 15.1. The maximum absolute atomic E-state index is 12.5. The third kappa shape index (κ3) is 8.24. The van der Waals surface area contributed by atoms with E-state index in [-0.39, 0.29) is 24.6 Å². The van der Waals surface area contributed by atoms with Crippen LogP contribution in [0.5, 0.6) is 0 Å². The Morgan fingerprint density at radius 3 is 2.49 bits per heavy atom. The van der Waals surface area contributed by atoms with Crippen molar-refractivity contribution >= 4 is 18.5 Å². The highest BCUT2D eigenvalue weighted by Gasteiger charge is 2.59. The predicted molar refractivity (Wildman–Crippen MR) is 174 cm³/mol. The van der Waals surface area contributed by atoms with Crippen molar-refractivity contribution in [2.45, 2.75) is 131 Å². The van der Waals surface area contributed by atoms with Crippen molar-refractivity contribution < 1.29 is 9.53 Å². The molecule has 0 radical (unpaired) electrons. The van der Waals surface area contributed by atoms with Gasteiger partial charge < -0.3 is 21.1 Å². The molecule has 6 heteroatoms. The fourth-order valence-corrected chi connectivity index (χ4v) is 9.86. The molecule has 5 nitrogen and oxygen atoms in total. The molecular weight excluding hydrogens is 530 g/mol. The van der Waals surface area contributed by atoms with Crippen molar-refractivity contribution in [3.05, 3.63) is 11.6 Å². The molecule has 238 valence electrons. The number of alkyl carbamates (subject to hydrolysis) is 1. The number of unbranched alkanes of at least 4 members (excludes halogenated alkanes) is 1. The van der Waals surface area contributed by atoms with Crippen LogP contribution in [0.2, 0.25) is 0 Å². The first kappa shape index (κ1) is 34.7. The summed E-state index contributed by atoms with van der Waals surface area (Å²) in [6.07, 6.45) is 19.8. The second-order valence-electron chi connectivity index (χ2n) is 15.1. The van der Waals surface area contributed by atoms with Crippen molar-refractivity contribution in [2.24, 2.45) is 52.1 Å². The number of allylic oxidation sites excluding steroid dienone is 1. The van der Waals surface area contributed by atoms with Gasteiger partial charge in [-0.05, 0) is 130 Å². The third-order valence-corrected chi connectivity index (χ3v) is 12.1. The van der Waals surface area contributed by atoms with E-state index in [0.717, 1.165) is 87.2 Å². The van der Waals surface area contributed by atoms with E-state index in [4.69, 9.17) is 10.5 Å². The van der Waals surface area contributed by atoms with Crippen molar-refractivity contribution in [1.29, 1.82) is 0 Å². The molecule has 0 heterocycles. The first-order valence-electron chi connectivity index (χ1n) is 17.2. The number of nitrogens with two attached hydrogens (primary N) is 1. The van der Waals surface area contributed by atoms with Crippen LogP contribution >= 0.6 is 12.4 Å². The number of fused-ring (bicyclic) bond motifs is 5. The van der Waals surface area contributed by atoms with Gasteiger partial charge in [0.15, 0.2) is 0 Å². The smallest absolute Gasteiger partial charge is 0.407 e. The fourth-order valence-electron chi connectivity index (χ4n) is 9.86. The van der Waals surface area contributed by atoms with Crippen LogP contribution in [0, 0.1) is 46.3 Å². The number of hydrogen-bond donors (Lipinski definition) is 3. The Hall–Kier alpha value is -0.780. The van der Waals surface area contributed by atoms with Gasteiger partial charge in [0.1, 0.15) is 6.10 Å². The van der Waals surface area contributed by atoms with Gasteiger partial charge in [0.05, 0.1) is 0 Å². The average Bonchev–Trinajstić information content (AvgIpc) is 3.27. The summed E-state index contributed by atoms with van der Waals surface area (Å²) in [5.74, 6) is 5.18. The number of ether oxygens (including phenoxy) is 1. The first-order chi connectivity index (χ1) is 19.2. The third-order valence-electron chi connectivity index (χ3n) is 12.1. The van der Waals surface area contributed by atoms with Gasteiger partial charge >= 0.3 is 6.09 Å². The lowest BCUT2D eigenvalue weighted by atomic mass is 9.47. The van der Waals surface area contributed by atoms with Gasteiger partial charge in [-0.2, -0.15) is 0 Å². The lowest BCUT2D eigenvalue weighted by molar-refractivity contribution is -0.0581. The molecule has 4 aliphatic rings. The molecule has 1 amide bonds. The van der Waals surface area contributed by atoms with Gasteiger partial charge in [-0.3, -0.25) is 0 Å². The van der Waals surface area contributed by atoms with Crippen molar-refractivity contribution in [1.82, 2.24) is 10.6 Å². The van der Waals surface area contributed by atoms with Crippen LogP contribution in [0.4, 0.5) is 4.79 Å². The Bertz CT molecular complexity index is 849. The molecule has 0 aromatic heterocycles. The van der Waals surface area contributed by atoms with Gasteiger partial charge in [-0.1, -0.05) is 65.5 Å². The Labute approximate surface area is 258 Å². The number of nitrogens with one attached hydrogen (secondary N) is 2. The van der Waals surface area contributed by atoms with Gasteiger partial charge in [0, 0.05) is 13.0 Å². The van der Waals surface area contributed by atoms with E-state index >= 15 is 0 Å². The van der Waals surface area contributed by atoms with Crippen molar-refractivity contribution in [2.75, 3.05) is 26.2 Å². The fraction of sp³-hybridized carbons (Fsp3) is 0.914. The molecule has 0 aliphatic heterocycles. The number of carbonyl (C=O) groups excluding carboxylic acids is 1. The zero-order valence-electron chi connectivity index (χ0n) is 27.1. The van der Waals surface area contributed by atoms with E-state index in [0.29, 0.717) is 17.4 Å². The topological polar surface area (TPSA) is 76.4 Å². The molecule has 3 fully saturated rings. The minimum atomic E-state index is -0.230. The summed E-state index contributed by atoms with van der Waals surface area (Å²) in [4.78, 5) is 12.5. The Morgan fingerprint density at radius 2 is 1.73 bits per heavy atom. The van der Waals surface area contributed by atoms with E-state index in [1.807, 2.05) is 0 Å². The predicted octanol–water partition coefficient (Wildman–Crippen LogP) is 8.26. The van der Waals surface area contributed by atoms with Crippen LogP contribution < -0.4 is 16.4 Å². The highest BCUT2D eigenvalue weighted by Crippen LogP contribution is 2.67.